The summed E-state index contributed by atoms with van der Waals surface area (Å²) in [5.74, 6) is -1.000. The van der Waals surface area contributed by atoms with Gasteiger partial charge in [-0.25, -0.2) is 9.18 Å². The van der Waals surface area contributed by atoms with Crippen molar-refractivity contribution in [2.45, 2.75) is 6.92 Å². The molecule has 0 saturated heterocycles. The van der Waals surface area contributed by atoms with Gasteiger partial charge in [0.2, 0.25) is 5.76 Å². The molecule has 0 radical (unpaired) electrons. The van der Waals surface area contributed by atoms with Gasteiger partial charge in [-0.15, -0.1) is 0 Å². The largest absolute Gasteiger partial charge is 0.447 e. The molecule has 0 unspecified atom stereocenters. The number of hydrogen-bond donors (Lipinski definition) is 0. The lowest BCUT2D eigenvalue weighted by atomic mass is 10.0. The van der Waals surface area contributed by atoms with Crippen LogP contribution in [0.3, 0.4) is 0 Å². The highest BCUT2D eigenvalue weighted by Gasteiger charge is 2.21. The van der Waals surface area contributed by atoms with Crippen LogP contribution in [0, 0.1) is 12.7 Å². The summed E-state index contributed by atoms with van der Waals surface area (Å²) in [5, 5.41) is 1.15. The normalized spacial score (nSPS) is 10.9. The van der Waals surface area contributed by atoms with Crippen LogP contribution in [0.2, 0.25) is 5.02 Å². The number of carbonyl (C=O) groups excluding carboxylic acids is 2. The summed E-state index contributed by atoms with van der Waals surface area (Å²) >= 11 is 6.11. The van der Waals surface area contributed by atoms with Crippen molar-refractivity contribution < 1.29 is 23.1 Å². The van der Waals surface area contributed by atoms with E-state index in [1.807, 2.05) is 6.07 Å². The van der Waals surface area contributed by atoms with Crippen molar-refractivity contribution in [1.82, 2.24) is 0 Å². The average molecular weight is 409 g/mol. The van der Waals surface area contributed by atoms with Gasteiger partial charge in [-0.1, -0.05) is 23.7 Å². The Labute approximate surface area is 170 Å². The molecule has 4 rings (SSSR count). The van der Waals surface area contributed by atoms with E-state index < -0.39 is 11.8 Å². The van der Waals surface area contributed by atoms with Gasteiger partial charge in [0.05, 0.1) is 5.02 Å². The summed E-state index contributed by atoms with van der Waals surface area (Å²) in [4.78, 5) is 25.0. The molecule has 0 bridgehead atoms. The number of aryl methyl sites for hydroxylation is 1. The molecule has 4 aromatic rings. The molecule has 3 aromatic carbocycles. The first-order valence-electron chi connectivity index (χ1n) is 8.74. The van der Waals surface area contributed by atoms with Crippen LogP contribution in [0.25, 0.3) is 11.0 Å². The Balaban J connectivity index is 1.54. The Bertz CT molecular complexity index is 1220. The quantitative estimate of drug-likeness (QED) is 0.236. The maximum atomic E-state index is 13.0. The number of benzene rings is 3. The number of carbonyl (C=O) groups is 2. The smallest absolute Gasteiger partial charge is 0.379 e. The van der Waals surface area contributed by atoms with Crippen molar-refractivity contribution in [3.63, 3.8) is 0 Å². The van der Waals surface area contributed by atoms with E-state index in [0.29, 0.717) is 27.3 Å². The molecular formula is C23H14ClFO4. The molecule has 0 aliphatic carbocycles. The molecule has 4 nitrogen and oxygen atoms in total. The first-order chi connectivity index (χ1) is 13.9. The summed E-state index contributed by atoms with van der Waals surface area (Å²) in [6.45, 7) is 1.75. The fraction of sp³-hybridized carbons (Fsp3) is 0.0435. The molecule has 0 saturated carbocycles. The van der Waals surface area contributed by atoms with Gasteiger partial charge >= 0.3 is 5.97 Å². The van der Waals surface area contributed by atoms with Gasteiger partial charge in [0.1, 0.15) is 11.6 Å². The van der Waals surface area contributed by atoms with Crippen molar-refractivity contribution in [2.24, 2.45) is 0 Å². The maximum Gasteiger partial charge on any atom is 0.379 e. The zero-order valence-electron chi connectivity index (χ0n) is 15.2. The SMILES string of the molecule is Cc1c(C(=O)Oc2ccc(C(=O)c3ccc(F)cc3)cc2)oc2c(Cl)cccc12. The van der Waals surface area contributed by atoms with E-state index >= 15 is 0 Å². The Morgan fingerprint density at radius 2 is 1.55 bits per heavy atom. The van der Waals surface area contributed by atoms with Crippen LogP contribution >= 0.6 is 11.6 Å². The van der Waals surface area contributed by atoms with Gasteiger partial charge in [0.25, 0.3) is 0 Å². The Kier molecular flexibility index (Phi) is 4.91. The highest BCUT2D eigenvalue weighted by molar-refractivity contribution is 6.35. The molecule has 6 heteroatoms. The minimum Gasteiger partial charge on any atom is -0.447 e. The van der Waals surface area contributed by atoms with Crippen LogP contribution in [0.5, 0.6) is 5.75 Å². The zero-order valence-corrected chi connectivity index (χ0v) is 16.0. The van der Waals surface area contributed by atoms with Gasteiger partial charge in [0.15, 0.2) is 11.4 Å². The molecule has 1 aromatic heterocycles. The maximum absolute atomic E-state index is 13.0. The summed E-state index contributed by atoms with van der Waals surface area (Å²) < 4.78 is 24.0. The van der Waals surface area contributed by atoms with Gasteiger partial charge in [-0.2, -0.15) is 0 Å². The summed E-state index contributed by atoms with van der Waals surface area (Å²) in [5.41, 5.74) is 1.82. The van der Waals surface area contributed by atoms with E-state index in [-0.39, 0.29) is 17.3 Å². The second kappa shape index (κ2) is 7.53. The second-order valence-corrected chi connectivity index (χ2v) is 6.83. The molecule has 0 atom stereocenters. The predicted octanol–water partition coefficient (Wildman–Crippen LogP) is 5.98. The summed E-state index contributed by atoms with van der Waals surface area (Å²) in [6, 6.07) is 16.7. The number of ether oxygens (including phenoxy) is 1. The lowest BCUT2D eigenvalue weighted by Crippen LogP contribution is -2.09. The summed E-state index contributed by atoms with van der Waals surface area (Å²) in [6.07, 6.45) is 0. The van der Waals surface area contributed by atoms with Crippen LogP contribution in [-0.4, -0.2) is 11.8 Å². The standard InChI is InChI=1S/C23H14ClFO4/c1-13-18-3-2-4-19(24)22(18)29-21(13)23(27)28-17-11-7-15(8-12-17)20(26)14-5-9-16(25)10-6-14/h2-12H,1H3. The number of fused-ring (bicyclic) bond motifs is 1. The molecule has 0 aliphatic heterocycles. The first kappa shape index (κ1) is 18.9. The minimum absolute atomic E-state index is 0.0690. The number of ketones is 1. The number of rotatable bonds is 4. The molecule has 1 heterocycles. The van der Waals surface area contributed by atoms with E-state index in [1.165, 1.54) is 48.5 Å². The molecule has 144 valence electrons. The van der Waals surface area contributed by atoms with Crippen LogP contribution in [0.15, 0.2) is 71.1 Å². The average Bonchev–Trinajstić information content (AvgIpc) is 3.07. The fourth-order valence-electron chi connectivity index (χ4n) is 3.00. The minimum atomic E-state index is -0.660. The molecule has 0 spiro atoms. The van der Waals surface area contributed by atoms with E-state index in [1.54, 1.807) is 19.1 Å². The van der Waals surface area contributed by atoms with Crippen LogP contribution in [-0.2, 0) is 0 Å². The third-order valence-electron chi connectivity index (χ3n) is 4.53. The Hall–Kier alpha value is -3.44. The summed E-state index contributed by atoms with van der Waals surface area (Å²) in [7, 11) is 0. The van der Waals surface area contributed by atoms with Crippen molar-refractivity contribution in [1.29, 1.82) is 0 Å². The van der Waals surface area contributed by atoms with E-state index in [0.717, 1.165) is 5.39 Å². The Morgan fingerprint density at radius 3 is 2.17 bits per heavy atom. The van der Waals surface area contributed by atoms with E-state index in [9.17, 15) is 14.0 Å². The van der Waals surface area contributed by atoms with Crippen molar-refractivity contribution in [2.75, 3.05) is 0 Å². The number of hydrogen-bond acceptors (Lipinski definition) is 4. The van der Waals surface area contributed by atoms with Crippen LogP contribution in [0.4, 0.5) is 4.39 Å². The Morgan fingerprint density at radius 1 is 0.931 bits per heavy atom. The molecule has 29 heavy (non-hydrogen) atoms. The fourth-order valence-corrected chi connectivity index (χ4v) is 3.21. The third kappa shape index (κ3) is 3.65. The second-order valence-electron chi connectivity index (χ2n) is 6.42. The van der Waals surface area contributed by atoms with Crippen LogP contribution < -0.4 is 4.74 Å². The molecular weight excluding hydrogens is 395 g/mol. The number of halogens is 2. The number of esters is 1. The zero-order chi connectivity index (χ0) is 20.5. The highest BCUT2D eigenvalue weighted by Crippen LogP contribution is 2.31. The molecule has 0 fully saturated rings. The lowest BCUT2D eigenvalue weighted by molar-refractivity contribution is 0.0703. The van der Waals surface area contributed by atoms with Gasteiger partial charge in [-0.05, 0) is 61.5 Å². The van der Waals surface area contributed by atoms with Crippen molar-refractivity contribution >= 4 is 34.3 Å². The first-order valence-corrected chi connectivity index (χ1v) is 9.12. The monoisotopic (exact) mass is 408 g/mol. The van der Waals surface area contributed by atoms with Gasteiger partial charge in [-0.3, -0.25) is 4.79 Å². The molecule has 0 N–H and O–H groups in total. The molecule has 0 aliphatic rings. The number of furan rings is 1. The predicted molar refractivity (Wildman–Crippen MR) is 107 cm³/mol. The topological polar surface area (TPSA) is 56.5 Å². The van der Waals surface area contributed by atoms with E-state index in [4.69, 9.17) is 20.8 Å². The van der Waals surface area contributed by atoms with Crippen LogP contribution in [0.1, 0.15) is 32.0 Å². The van der Waals surface area contributed by atoms with Gasteiger partial charge in [0, 0.05) is 22.1 Å². The van der Waals surface area contributed by atoms with Crippen molar-refractivity contribution in [3.8, 4) is 5.75 Å². The van der Waals surface area contributed by atoms with E-state index in [2.05, 4.69) is 0 Å². The highest BCUT2D eigenvalue weighted by atomic mass is 35.5. The lowest BCUT2D eigenvalue weighted by Gasteiger charge is -2.05. The molecule has 0 amide bonds. The third-order valence-corrected chi connectivity index (χ3v) is 4.83. The van der Waals surface area contributed by atoms with Gasteiger partial charge < -0.3 is 9.15 Å². The number of para-hydroxylation sites is 1. The van der Waals surface area contributed by atoms with Crippen molar-refractivity contribution in [3.05, 3.63) is 100 Å².